The Morgan fingerprint density at radius 1 is 1.17 bits per heavy atom. The van der Waals surface area contributed by atoms with Crippen LogP contribution in [0, 0.1) is 11.3 Å². The quantitative estimate of drug-likeness (QED) is 0.199. The normalized spacial score (nSPS) is 15.1. The highest BCUT2D eigenvalue weighted by Crippen LogP contribution is 2.45. The molecule has 41 heavy (non-hydrogen) atoms. The highest BCUT2D eigenvalue weighted by Gasteiger charge is 2.33. The van der Waals surface area contributed by atoms with Crippen LogP contribution in [0.5, 0.6) is 11.5 Å². The lowest BCUT2D eigenvalue weighted by Gasteiger charge is -2.33. The van der Waals surface area contributed by atoms with Crippen LogP contribution in [0.15, 0.2) is 70.3 Å². The van der Waals surface area contributed by atoms with Crippen LogP contribution in [0.1, 0.15) is 64.9 Å². The Kier molecular flexibility index (Phi) is 8.85. The number of carbonyl (C=O) groups is 1. The summed E-state index contributed by atoms with van der Waals surface area (Å²) >= 11 is 7.90. The Hall–Kier alpha value is -3.55. The fourth-order valence-corrected chi connectivity index (χ4v) is 6.55. The van der Waals surface area contributed by atoms with Gasteiger partial charge < -0.3 is 19.2 Å². The van der Waals surface area contributed by atoms with Gasteiger partial charge in [-0.3, -0.25) is 4.79 Å². The van der Waals surface area contributed by atoms with Crippen LogP contribution in [0.4, 0.5) is 5.00 Å². The Labute approximate surface area is 250 Å². The Morgan fingerprint density at radius 3 is 2.73 bits per heavy atom. The fourth-order valence-electron chi connectivity index (χ4n) is 5.09. The average Bonchev–Trinajstić information content (AvgIpc) is 3.61. The van der Waals surface area contributed by atoms with Gasteiger partial charge in [0.15, 0.2) is 11.5 Å². The molecule has 5 rings (SSSR count). The summed E-state index contributed by atoms with van der Waals surface area (Å²) in [4.78, 5) is 19.6. The number of fused-ring (bicyclic) bond motifs is 1. The maximum atomic E-state index is 13.5. The molecule has 1 atom stereocenters. The molecule has 0 bridgehead atoms. The van der Waals surface area contributed by atoms with Crippen LogP contribution in [-0.2, 0) is 26.0 Å². The van der Waals surface area contributed by atoms with Crippen LogP contribution in [0.3, 0.4) is 0 Å². The molecule has 2 aromatic carbocycles. The molecule has 0 saturated heterocycles. The van der Waals surface area contributed by atoms with Crippen molar-refractivity contribution < 1.29 is 18.7 Å². The minimum absolute atomic E-state index is 0.124. The second-order valence-electron chi connectivity index (χ2n) is 11.3. The van der Waals surface area contributed by atoms with E-state index in [2.05, 4.69) is 26.1 Å². The Morgan fingerprint density at radius 2 is 2.00 bits per heavy atom. The number of aliphatic imine (C=N–C) groups is 1. The summed E-state index contributed by atoms with van der Waals surface area (Å²) in [7, 11) is 1.61. The zero-order valence-electron chi connectivity index (χ0n) is 23.8. The van der Waals surface area contributed by atoms with Crippen molar-refractivity contribution in [2.24, 2.45) is 16.3 Å². The standard InChI is InChI=1S/C33H35ClN2O4S/c1-33(2,3)23-12-13-25-29(17-23)41-32(30(25)31(37)35-19-24-9-7-15-39-24)36-18-21-11-14-27(28(16-21)38-4)40-20-22-8-5-6-10-26(22)34/h5-11,14-16,18,23H,12-13,17,19-20H2,1-4H3,(H,35,37)/t23-/m0/s1. The van der Waals surface area contributed by atoms with Crippen molar-refractivity contribution in [3.8, 4) is 11.5 Å². The van der Waals surface area contributed by atoms with Gasteiger partial charge in [0.05, 0.1) is 25.5 Å². The van der Waals surface area contributed by atoms with Crippen LogP contribution < -0.4 is 14.8 Å². The SMILES string of the molecule is COc1cc(C=Nc2sc3c(c2C(=O)NCc2ccco2)CC[C@H](C(C)(C)C)C3)ccc1OCc1ccccc1Cl. The molecular weight excluding hydrogens is 556 g/mol. The average molecular weight is 591 g/mol. The number of hydrogen-bond acceptors (Lipinski definition) is 6. The van der Waals surface area contributed by atoms with Crippen molar-refractivity contribution in [2.45, 2.75) is 53.2 Å². The summed E-state index contributed by atoms with van der Waals surface area (Å²) < 4.78 is 17.0. The minimum atomic E-state index is -0.124. The molecule has 0 unspecified atom stereocenters. The number of carbonyl (C=O) groups excluding carboxylic acids is 1. The largest absolute Gasteiger partial charge is 0.493 e. The van der Waals surface area contributed by atoms with Gasteiger partial charge in [-0.1, -0.05) is 50.6 Å². The summed E-state index contributed by atoms with van der Waals surface area (Å²) in [5.74, 6) is 2.36. The van der Waals surface area contributed by atoms with Crippen molar-refractivity contribution >= 4 is 40.1 Å². The third-order valence-electron chi connectivity index (χ3n) is 7.56. The van der Waals surface area contributed by atoms with Crippen molar-refractivity contribution in [2.75, 3.05) is 7.11 Å². The molecule has 8 heteroatoms. The van der Waals surface area contributed by atoms with Gasteiger partial charge in [-0.25, -0.2) is 4.99 Å². The number of methoxy groups -OCH3 is 1. The number of halogens is 1. The highest BCUT2D eigenvalue weighted by molar-refractivity contribution is 7.16. The number of nitrogens with one attached hydrogen (secondary N) is 1. The summed E-state index contributed by atoms with van der Waals surface area (Å²) in [6.45, 7) is 7.54. The number of nitrogens with zero attached hydrogens (tertiary/aromatic N) is 1. The highest BCUT2D eigenvalue weighted by atomic mass is 35.5. The monoisotopic (exact) mass is 590 g/mol. The Bertz CT molecular complexity index is 1540. The van der Waals surface area contributed by atoms with Crippen LogP contribution >= 0.6 is 22.9 Å². The molecule has 2 heterocycles. The molecule has 1 amide bonds. The first-order valence-corrected chi connectivity index (χ1v) is 15.0. The van der Waals surface area contributed by atoms with Crippen molar-refractivity contribution in [1.29, 1.82) is 0 Å². The molecule has 0 saturated carbocycles. The van der Waals surface area contributed by atoms with E-state index in [-0.39, 0.29) is 11.3 Å². The molecule has 0 aliphatic heterocycles. The molecule has 1 aliphatic rings. The minimum Gasteiger partial charge on any atom is -0.493 e. The molecule has 0 spiro atoms. The molecule has 4 aromatic rings. The maximum absolute atomic E-state index is 13.5. The molecule has 1 N–H and O–H groups in total. The lowest BCUT2D eigenvalue weighted by atomic mass is 9.72. The third kappa shape index (κ3) is 6.85. The van der Waals surface area contributed by atoms with E-state index in [1.165, 1.54) is 4.88 Å². The van der Waals surface area contributed by atoms with Gasteiger partial charge in [0.1, 0.15) is 17.4 Å². The van der Waals surface area contributed by atoms with E-state index in [1.807, 2.05) is 54.6 Å². The van der Waals surface area contributed by atoms with Gasteiger partial charge in [0.25, 0.3) is 5.91 Å². The predicted molar refractivity (Wildman–Crippen MR) is 165 cm³/mol. The first-order valence-electron chi connectivity index (χ1n) is 13.8. The number of amides is 1. The van der Waals surface area contributed by atoms with Crippen molar-refractivity contribution in [1.82, 2.24) is 5.32 Å². The number of rotatable bonds is 9. The van der Waals surface area contributed by atoms with E-state index in [0.29, 0.717) is 46.9 Å². The van der Waals surface area contributed by atoms with Gasteiger partial charge in [-0.2, -0.15) is 0 Å². The molecule has 0 fully saturated rings. The topological polar surface area (TPSA) is 73.1 Å². The van der Waals surface area contributed by atoms with Gasteiger partial charge in [0.2, 0.25) is 0 Å². The second-order valence-corrected chi connectivity index (χ2v) is 12.8. The van der Waals surface area contributed by atoms with Crippen molar-refractivity contribution in [3.63, 3.8) is 0 Å². The van der Waals surface area contributed by atoms with Crippen LogP contribution in [0.25, 0.3) is 0 Å². The molecule has 2 aromatic heterocycles. The molecule has 214 valence electrons. The van der Waals surface area contributed by atoms with Gasteiger partial charge >= 0.3 is 0 Å². The smallest absolute Gasteiger partial charge is 0.255 e. The van der Waals surface area contributed by atoms with E-state index in [0.717, 1.165) is 41.0 Å². The van der Waals surface area contributed by atoms with Crippen LogP contribution in [-0.4, -0.2) is 19.2 Å². The van der Waals surface area contributed by atoms with Gasteiger partial charge in [-0.15, -0.1) is 11.3 Å². The van der Waals surface area contributed by atoms with E-state index < -0.39 is 0 Å². The predicted octanol–water partition coefficient (Wildman–Crippen LogP) is 8.41. The maximum Gasteiger partial charge on any atom is 0.255 e. The number of ether oxygens (including phenoxy) is 2. The molecule has 6 nitrogen and oxygen atoms in total. The summed E-state index contributed by atoms with van der Waals surface area (Å²) in [6.07, 6.45) is 6.28. The third-order valence-corrected chi connectivity index (χ3v) is 9.09. The van der Waals surface area contributed by atoms with Crippen LogP contribution in [0.2, 0.25) is 5.02 Å². The molecular formula is C33H35ClN2O4S. The zero-order chi connectivity index (χ0) is 29.0. The van der Waals surface area contributed by atoms with E-state index in [9.17, 15) is 4.79 Å². The zero-order valence-corrected chi connectivity index (χ0v) is 25.4. The van der Waals surface area contributed by atoms with E-state index in [4.69, 9.17) is 30.5 Å². The summed E-state index contributed by atoms with van der Waals surface area (Å²) in [5, 5.41) is 4.41. The first-order chi connectivity index (χ1) is 19.7. The fraction of sp³-hybridized carbons (Fsp3) is 0.333. The summed E-state index contributed by atoms with van der Waals surface area (Å²) in [6, 6.07) is 16.9. The first kappa shape index (κ1) is 29.0. The Balaban J connectivity index is 1.39. The van der Waals surface area contributed by atoms with E-state index in [1.54, 1.807) is 30.9 Å². The molecule has 1 aliphatic carbocycles. The van der Waals surface area contributed by atoms with Gasteiger partial charge in [-0.05, 0) is 78.1 Å². The molecule has 0 radical (unpaired) electrons. The second kappa shape index (κ2) is 12.5. The summed E-state index contributed by atoms with van der Waals surface area (Å²) in [5.41, 5.74) is 3.74. The number of benzene rings is 2. The van der Waals surface area contributed by atoms with Gasteiger partial charge in [0, 0.05) is 21.7 Å². The van der Waals surface area contributed by atoms with Crippen molar-refractivity contribution in [3.05, 3.63) is 98.8 Å². The van der Waals surface area contributed by atoms with E-state index >= 15 is 0 Å². The number of furan rings is 1. The number of hydrogen-bond donors (Lipinski definition) is 1. The lowest BCUT2D eigenvalue weighted by molar-refractivity contribution is 0.0947. The lowest BCUT2D eigenvalue weighted by Crippen LogP contribution is -2.28. The number of thiophene rings is 1.